The minimum Gasteiger partial charge on any atom is -0.506 e. The van der Waals surface area contributed by atoms with Gasteiger partial charge in [0.05, 0.1) is 16.2 Å². The maximum absolute atomic E-state index is 11.9. The molecular formula is C16H9NO2S. The number of hydrogen-bond donors (Lipinski definition) is 1. The third kappa shape index (κ3) is 1.45. The molecular weight excluding hydrogens is 270 g/mol. The Kier molecular flexibility index (Phi) is 2.28. The lowest BCUT2D eigenvalue weighted by Gasteiger charge is -2.00. The smallest absolute Gasteiger partial charge is 0.278 e. The third-order valence-electron chi connectivity index (χ3n) is 3.41. The van der Waals surface area contributed by atoms with E-state index >= 15 is 0 Å². The van der Waals surface area contributed by atoms with Crippen LogP contribution in [0.4, 0.5) is 0 Å². The normalized spacial score (nSPS) is 13.6. The number of benzene rings is 2. The molecule has 4 heteroatoms. The summed E-state index contributed by atoms with van der Waals surface area (Å²) in [6.07, 6.45) is 0. The summed E-state index contributed by atoms with van der Waals surface area (Å²) in [5, 5.41) is 11.2. The van der Waals surface area contributed by atoms with Gasteiger partial charge in [-0.3, -0.25) is 4.79 Å². The number of nitrogens with zero attached hydrogens (tertiary/aromatic N) is 1. The molecule has 0 aliphatic carbocycles. The van der Waals surface area contributed by atoms with Gasteiger partial charge < -0.3 is 5.11 Å². The molecule has 3 nitrogen and oxygen atoms in total. The molecule has 0 saturated carbocycles. The fourth-order valence-electron chi connectivity index (χ4n) is 2.46. The highest BCUT2D eigenvalue weighted by Crippen LogP contribution is 2.39. The maximum atomic E-state index is 11.9. The van der Waals surface area contributed by atoms with E-state index in [0.717, 1.165) is 15.6 Å². The Labute approximate surface area is 118 Å². The first-order valence-electron chi connectivity index (χ1n) is 6.19. The standard InChI is InChI=1S/C16H9NO2S/c18-14-11-7-3-4-8-12(11)20-15(14)13-9-5-1-2-6-10(9)16(19)17-13/h1-8,18H. The van der Waals surface area contributed by atoms with Crippen LogP contribution in [0, 0.1) is 0 Å². The fraction of sp³-hybridized carbons (Fsp3) is 0. The van der Waals surface area contributed by atoms with Crippen molar-refractivity contribution in [1.82, 2.24) is 0 Å². The lowest BCUT2D eigenvalue weighted by Crippen LogP contribution is -1.97. The Morgan fingerprint density at radius 3 is 2.45 bits per heavy atom. The van der Waals surface area contributed by atoms with Crippen LogP contribution in [-0.4, -0.2) is 16.7 Å². The van der Waals surface area contributed by atoms with Crippen molar-refractivity contribution in [3.05, 3.63) is 64.5 Å². The largest absolute Gasteiger partial charge is 0.506 e. The first-order chi connectivity index (χ1) is 9.75. The van der Waals surface area contributed by atoms with Gasteiger partial charge in [-0.2, -0.15) is 0 Å². The van der Waals surface area contributed by atoms with Crippen LogP contribution in [0.1, 0.15) is 20.8 Å². The second-order valence-corrected chi connectivity index (χ2v) is 5.64. The number of aromatic hydroxyl groups is 1. The zero-order valence-corrected chi connectivity index (χ0v) is 11.1. The van der Waals surface area contributed by atoms with E-state index in [4.69, 9.17) is 0 Å². The van der Waals surface area contributed by atoms with Crippen LogP contribution < -0.4 is 0 Å². The van der Waals surface area contributed by atoms with Crippen LogP contribution in [-0.2, 0) is 0 Å². The second kappa shape index (κ2) is 4.02. The van der Waals surface area contributed by atoms with Gasteiger partial charge in [0.2, 0.25) is 0 Å². The molecule has 0 atom stereocenters. The van der Waals surface area contributed by atoms with Crippen molar-refractivity contribution < 1.29 is 9.90 Å². The van der Waals surface area contributed by atoms with Crippen LogP contribution in [0.5, 0.6) is 5.75 Å². The van der Waals surface area contributed by atoms with Gasteiger partial charge in [0.1, 0.15) is 5.75 Å². The highest BCUT2D eigenvalue weighted by atomic mass is 32.1. The lowest BCUT2D eigenvalue weighted by molar-refractivity contribution is 0.101. The van der Waals surface area contributed by atoms with Crippen LogP contribution in [0.3, 0.4) is 0 Å². The van der Waals surface area contributed by atoms with E-state index in [1.807, 2.05) is 42.5 Å². The van der Waals surface area contributed by atoms with E-state index in [1.54, 1.807) is 6.07 Å². The third-order valence-corrected chi connectivity index (χ3v) is 4.58. The molecule has 2 aromatic carbocycles. The van der Waals surface area contributed by atoms with E-state index in [2.05, 4.69) is 4.99 Å². The quantitative estimate of drug-likeness (QED) is 0.740. The number of carbonyl (C=O) groups excluding carboxylic acids is 1. The van der Waals surface area contributed by atoms with Crippen molar-refractivity contribution in [3.63, 3.8) is 0 Å². The molecule has 1 aromatic heterocycles. The van der Waals surface area contributed by atoms with E-state index < -0.39 is 0 Å². The molecule has 4 rings (SSSR count). The van der Waals surface area contributed by atoms with Gasteiger partial charge >= 0.3 is 0 Å². The summed E-state index contributed by atoms with van der Waals surface area (Å²) in [6.45, 7) is 0. The molecule has 96 valence electrons. The molecule has 2 heterocycles. The number of amides is 1. The molecule has 1 amide bonds. The summed E-state index contributed by atoms with van der Waals surface area (Å²) < 4.78 is 0.986. The summed E-state index contributed by atoms with van der Waals surface area (Å²) in [6, 6.07) is 14.9. The Morgan fingerprint density at radius 2 is 1.65 bits per heavy atom. The zero-order valence-electron chi connectivity index (χ0n) is 10.3. The molecule has 0 radical (unpaired) electrons. The molecule has 0 saturated heterocycles. The fourth-order valence-corrected chi connectivity index (χ4v) is 3.56. The van der Waals surface area contributed by atoms with E-state index in [9.17, 15) is 9.90 Å². The number of thiophene rings is 1. The van der Waals surface area contributed by atoms with Crippen molar-refractivity contribution in [2.24, 2.45) is 4.99 Å². The Morgan fingerprint density at radius 1 is 0.950 bits per heavy atom. The molecule has 20 heavy (non-hydrogen) atoms. The Bertz CT molecular complexity index is 892. The minimum atomic E-state index is -0.243. The van der Waals surface area contributed by atoms with Crippen LogP contribution in [0.15, 0.2) is 53.5 Å². The molecule has 1 N–H and O–H groups in total. The topological polar surface area (TPSA) is 49.7 Å². The molecule has 3 aromatic rings. The second-order valence-electron chi connectivity index (χ2n) is 4.59. The first-order valence-corrected chi connectivity index (χ1v) is 7.00. The maximum Gasteiger partial charge on any atom is 0.278 e. The summed E-state index contributed by atoms with van der Waals surface area (Å²) >= 11 is 1.45. The zero-order chi connectivity index (χ0) is 13.7. The van der Waals surface area contributed by atoms with Gasteiger partial charge in [-0.25, -0.2) is 4.99 Å². The van der Waals surface area contributed by atoms with Crippen LogP contribution in [0.25, 0.3) is 10.1 Å². The summed E-state index contributed by atoms with van der Waals surface area (Å²) in [5.74, 6) is -0.0405. The SMILES string of the molecule is O=C1N=C(c2sc3ccccc3c2O)c2ccccc21. The monoisotopic (exact) mass is 279 g/mol. The van der Waals surface area contributed by atoms with Gasteiger partial charge in [-0.1, -0.05) is 30.3 Å². The van der Waals surface area contributed by atoms with Crippen molar-refractivity contribution in [3.8, 4) is 5.75 Å². The van der Waals surface area contributed by atoms with Crippen LogP contribution in [0.2, 0.25) is 0 Å². The molecule has 1 aliphatic heterocycles. The number of rotatable bonds is 1. The summed E-state index contributed by atoms with van der Waals surface area (Å²) in [7, 11) is 0. The van der Waals surface area contributed by atoms with Gasteiger partial charge in [0.15, 0.2) is 0 Å². The number of hydrogen-bond acceptors (Lipinski definition) is 3. The average molecular weight is 279 g/mol. The highest BCUT2D eigenvalue weighted by Gasteiger charge is 2.27. The molecule has 0 bridgehead atoms. The van der Waals surface area contributed by atoms with Gasteiger partial charge in [0.25, 0.3) is 5.91 Å². The highest BCUT2D eigenvalue weighted by molar-refractivity contribution is 7.21. The van der Waals surface area contributed by atoms with E-state index in [-0.39, 0.29) is 11.7 Å². The van der Waals surface area contributed by atoms with Crippen LogP contribution >= 0.6 is 11.3 Å². The van der Waals surface area contributed by atoms with Crippen molar-refractivity contribution in [2.45, 2.75) is 0 Å². The molecule has 0 fully saturated rings. The minimum absolute atomic E-state index is 0.203. The Balaban J connectivity index is 1.99. The predicted octanol–water partition coefficient (Wildman–Crippen LogP) is 3.60. The number of fused-ring (bicyclic) bond motifs is 2. The van der Waals surface area contributed by atoms with E-state index in [1.165, 1.54) is 11.3 Å². The van der Waals surface area contributed by atoms with Gasteiger partial charge in [0, 0.05) is 15.6 Å². The molecule has 0 spiro atoms. The van der Waals surface area contributed by atoms with Crippen molar-refractivity contribution in [2.75, 3.05) is 0 Å². The summed E-state index contributed by atoms with van der Waals surface area (Å²) in [5.41, 5.74) is 1.96. The van der Waals surface area contributed by atoms with Gasteiger partial charge in [-0.15, -0.1) is 11.3 Å². The molecule has 1 aliphatic rings. The van der Waals surface area contributed by atoms with Crippen molar-refractivity contribution >= 4 is 33.0 Å². The molecule has 0 unspecified atom stereocenters. The predicted molar refractivity (Wildman–Crippen MR) is 79.9 cm³/mol. The number of aliphatic imine (C=N–C) groups is 1. The van der Waals surface area contributed by atoms with Crippen molar-refractivity contribution in [1.29, 1.82) is 0 Å². The Hall–Kier alpha value is -2.46. The average Bonchev–Trinajstić information content (AvgIpc) is 2.99. The lowest BCUT2D eigenvalue weighted by atomic mass is 10.0. The van der Waals surface area contributed by atoms with Gasteiger partial charge in [-0.05, 0) is 18.2 Å². The summed E-state index contributed by atoms with van der Waals surface area (Å²) in [4.78, 5) is 16.7. The first kappa shape index (κ1) is 11.4. The number of carbonyl (C=O) groups is 1. The van der Waals surface area contributed by atoms with E-state index in [0.29, 0.717) is 16.2 Å².